The molecule has 0 radical (unpaired) electrons. The van der Waals surface area contributed by atoms with Crippen LogP contribution in [-0.4, -0.2) is 53.5 Å². The van der Waals surface area contributed by atoms with Crippen LogP contribution in [0.15, 0.2) is 60.8 Å². The van der Waals surface area contributed by atoms with Crippen molar-refractivity contribution in [3.05, 3.63) is 94.4 Å². The van der Waals surface area contributed by atoms with E-state index in [9.17, 15) is 32.7 Å². The number of rotatable bonds is 12. The number of carbonyl (C=O) groups is 3. The Morgan fingerprint density at radius 1 is 1.02 bits per heavy atom. The Kier molecular flexibility index (Phi) is 13.2. The number of nitrogens with zero attached hydrogens (tertiary/aromatic N) is 2. The summed E-state index contributed by atoms with van der Waals surface area (Å²) in [5.41, 5.74) is 11.3. The zero-order valence-corrected chi connectivity index (χ0v) is 27.4. The fraction of sp³-hybridized carbons (Fsp3) is 0.314. The van der Waals surface area contributed by atoms with Gasteiger partial charge in [-0.2, -0.15) is 0 Å². The van der Waals surface area contributed by atoms with Gasteiger partial charge in [0, 0.05) is 47.7 Å². The van der Waals surface area contributed by atoms with Gasteiger partial charge >= 0.3 is 12.1 Å². The highest BCUT2D eigenvalue weighted by Gasteiger charge is 2.16. The number of amides is 2. The number of ether oxygens (including phenoxy) is 1. The third-order valence-electron chi connectivity index (χ3n) is 7.44. The van der Waals surface area contributed by atoms with E-state index in [4.69, 9.17) is 10.5 Å². The number of carboxylic acids is 1. The number of nitrogens with one attached hydrogen (secondary N) is 2. The number of carbonyl (C=O) groups excluding carboxylic acids is 2. The topological polar surface area (TPSA) is 147 Å². The van der Waals surface area contributed by atoms with Crippen LogP contribution in [0.3, 0.4) is 0 Å². The molecular weight excluding hydrogens is 627 g/mol. The van der Waals surface area contributed by atoms with E-state index in [0.29, 0.717) is 34.0 Å². The number of benzene rings is 3. The molecule has 0 aliphatic rings. The number of carboxylic acid groups (broad SMARTS) is 1. The Labute approximate surface area is 277 Å². The summed E-state index contributed by atoms with van der Waals surface area (Å²) in [4.78, 5) is 40.1. The third kappa shape index (κ3) is 10.6. The first-order chi connectivity index (χ1) is 22.7. The zero-order chi connectivity index (χ0) is 35.5. The maximum Gasteiger partial charge on any atom is 0.411 e. The van der Waals surface area contributed by atoms with Crippen LogP contribution < -0.4 is 16.4 Å². The number of fused-ring (bicyclic) bond motifs is 1. The molecule has 0 bridgehead atoms. The minimum atomic E-state index is -2.17. The van der Waals surface area contributed by atoms with E-state index in [1.54, 1.807) is 37.4 Å². The van der Waals surface area contributed by atoms with Crippen molar-refractivity contribution in [3.8, 4) is 0 Å². The van der Waals surface area contributed by atoms with Gasteiger partial charge in [0.15, 0.2) is 0 Å². The second kappa shape index (κ2) is 17.0. The van der Waals surface area contributed by atoms with Crippen LogP contribution in [0.25, 0.3) is 10.8 Å². The van der Waals surface area contributed by atoms with Crippen LogP contribution in [0.2, 0.25) is 0 Å². The standard InChI is InChI=1S/C33H36FN5O5.C2H4F2/c1-19-11-22(21(3)37-26-8-10-28-29(14-26)30(34)15-36-32(28)35)6-9-27(19)20(2)17-44-33(43)38-25-7-5-23(13-31(41)42)24(12-25)16-39(4)18-40;1-2(3)4/h5-12,14-15,18,20-21,37H,13,16-17H2,1-4H3,(H2,35,36)(H,38,43)(H,41,42);2H,1H3/t20-,21-;/m0./s1. The highest BCUT2D eigenvalue weighted by atomic mass is 19.3. The first-order valence-corrected chi connectivity index (χ1v) is 15.1. The van der Waals surface area contributed by atoms with Gasteiger partial charge in [0.1, 0.15) is 11.6 Å². The number of halogens is 3. The van der Waals surface area contributed by atoms with Crippen molar-refractivity contribution in [2.24, 2.45) is 0 Å². The van der Waals surface area contributed by atoms with Crippen molar-refractivity contribution in [1.82, 2.24) is 9.88 Å². The van der Waals surface area contributed by atoms with Crippen LogP contribution in [0.4, 0.5) is 35.2 Å². The smallest absolute Gasteiger partial charge is 0.411 e. The Balaban J connectivity index is 0.00000148. The predicted molar refractivity (Wildman–Crippen MR) is 180 cm³/mol. The molecular formula is C35H40F3N5O5. The molecule has 0 aliphatic heterocycles. The van der Waals surface area contributed by atoms with Crippen LogP contribution in [0.5, 0.6) is 0 Å². The first kappa shape index (κ1) is 37.1. The number of aromatic nitrogens is 1. The van der Waals surface area contributed by atoms with Gasteiger partial charge in [-0.05, 0) is 78.9 Å². The normalized spacial score (nSPS) is 12.0. The lowest BCUT2D eigenvalue weighted by atomic mass is 9.93. The molecule has 1 aromatic heterocycles. The summed E-state index contributed by atoms with van der Waals surface area (Å²) in [5.74, 6) is -1.23. The van der Waals surface area contributed by atoms with Gasteiger partial charge in [0.2, 0.25) is 12.8 Å². The number of alkyl halides is 2. The van der Waals surface area contributed by atoms with Gasteiger partial charge in [-0.15, -0.1) is 0 Å². The van der Waals surface area contributed by atoms with Gasteiger partial charge < -0.3 is 25.8 Å². The molecule has 4 aromatic rings. The summed E-state index contributed by atoms with van der Waals surface area (Å²) in [6.07, 6.45) is -1.24. The first-order valence-electron chi connectivity index (χ1n) is 15.1. The fourth-order valence-corrected chi connectivity index (χ4v) is 5.11. The molecule has 3 aromatic carbocycles. The lowest BCUT2D eigenvalue weighted by Gasteiger charge is -2.20. The Morgan fingerprint density at radius 2 is 1.71 bits per heavy atom. The highest BCUT2D eigenvalue weighted by Crippen LogP contribution is 2.29. The lowest BCUT2D eigenvalue weighted by molar-refractivity contribution is -0.136. The molecule has 13 heteroatoms. The van der Waals surface area contributed by atoms with Crippen molar-refractivity contribution in [2.75, 3.05) is 30.0 Å². The molecule has 4 rings (SSSR count). The molecule has 0 aliphatic carbocycles. The molecule has 0 unspecified atom stereocenters. The van der Waals surface area contributed by atoms with Crippen molar-refractivity contribution < 1.29 is 37.4 Å². The molecule has 0 saturated heterocycles. The lowest BCUT2D eigenvalue weighted by Crippen LogP contribution is -2.19. The number of aryl methyl sites for hydroxylation is 1. The largest absolute Gasteiger partial charge is 0.481 e. The molecule has 1 heterocycles. The average Bonchev–Trinajstić information content (AvgIpc) is 3.02. The van der Waals surface area contributed by atoms with Crippen LogP contribution in [0.1, 0.15) is 60.5 Å². The van der Waals surface area contributed by atoms with E-state index in [-0.39, 0.29) is 37.4 Å². The fourth-order valence-electron chi connectivity index (χ4n) is 5.11. The molecule has 48 heavy (non-hydrogen) atoms. The van der Waals surface area contributed by atoms with Crippen LogP contribution in [-0.2, 0) is 27.3 Å². The van der Waals surface area contributed by atoms with Crippen molar-refractivity contribution >= 4 is 46.4 Å². The van der Waals surface area contributed by atoms with Crippen molar-refractivity contribution in [1.29, 1.82) is 0 Å². The van der Waals surface area contributed by atoms with Gasteiger partial charge in [-0.25, -0.2) is 22.9 Å². The van der Waals surface area contributed by atoms with Gasteiger partial charge in [-0.3, -0.25) is 14.9 Å². The van der Waals surface area contributed by atoms with Gasteiger partial charge in [0.25, 0.3) is 0 Å². The Morgan fingerprint density at radius 3 is 2.35 bits per heavy atom. The summed E-state index contributed by atoms with van der Waals surface area (Å²) in [6, 6.07) is 16.2. The SMILES string of the molecule is CC(F)F.Cc1cc([C@H](C)Nc2ccc3c(N)ncc(F)c3c2)ccc1[C@@H](C)COC(=O)Nc1ccc(CC(=O)O)c(CN(C)C=O)c1. The van der Waals surface area contributed by atoms with E-state index in [2.05, 4.69) is 21.7 Å². The van der Waals surface area contributed by atoms with Crippen LogP contribution in [0, 0.1) is 12.7 Å². The van der Waals surface area contributed by atoms with E-state index in [0.717, 1.165) is 35.5 Å². The maximum atomic E-state index is 14.3. The number of aliphatic carboxylic acids is 1. The Hall–Kier alpha value is -5.33. The van der Waals surface area contributed by atoms with Gasteiger partial charge in [0.05, 0.1) is 19.2 Å². The summed E-state index contributed by atoms with van der Waals surface area (Å²) in [6.45, 7) is 7.15. The molecule has 0 spiro atoms. The maximum absolute atomic E-state index is 14.3. The minimum absolute atomic E-state index is 0.0714. The Bertz CT molecular complexity index is 1750. The molecule has 10 nitrogen and oxygen atoms in total. The third-order valence-corrected chi connectivity index (χ3v) is 7.44. The second-order valence-electron chi connectivity index (χ2n) is 11.5. The molecule has 0 saturated carbocycles. The summed E-state index contributed by atoms with van der Waals surface area (Å²) in [7, 11) is 1.58. The number of nitrogen functional groups attached to an aromatic ring is 1. The summed E-state index contributed by atoms with van der Waals surface area (Å²) >= 11 is 0. The number of pyridine rings is 1. The minimum Gasteiger partial charge on any atom is -0.481 e. The van der Waals surface area contributed by atoms with Crippen molar-refractivity contribution in [3.63, 3.8) is 0 Å². The number of anilines is 3. The molecule has 5 N–H and O–H groups in total. The van der Waals surface area contributed by atoms with E-state index in [1.807, 2.05) is 39.0 Å². The zero-order valence-electron chi connectivity index (χ0n) is 27.4. The van der Waals surface area contributed by atoms with E-state index < -0.39 is 24.3 Å². The second-order valence-corrected chi connectivity index (χ2v) is 11.5. The average molecular weight is 668 g/mol. The molecule has 2 atom stereocenters. The molecule has 0 fully saturated rings. The molecule has 256 valence electrons. The van der Waals surface area contributed by atoms with E-state index in [1.165, 1.54) is 4.90 Å². The number of hydrogen-bond donors (Lipinski definition) is 4. The summed E-state index contributed by atoms with van der Waals surface area (Å²) in [5, 5.41) is 16.3. The highest BCUT2D eigenvalue weighted by molar-refractivity contribution is 5.93. The monoisotopic (exact) mass is 667 g/mol. The van der Waals surface area contributed by atoms with E-state index >= 15 is 0 Å². The number of hydrogen-bond acceptors (Lipinski definition) is 7. The molecule has 2 amide bonds. The summed E-state index contributed by atoms with van der Waals surface area (Å²) < 4.78 is 40.5. The quantitative estimate of drug-likeness (QED) is 0.115. The predicted octanol–water partition coefficient (Wildman–Crippen LogP) is 7.28. The van der Waals surface area contributed by atoms with Crippen LogP contribution >= 0.6 is 0 Å². The van der Waals surface area contributed by atoms with Gasteiger partial charge in [-0.1, -0.05) is 31.2 Å². The van der Waals surface area contributed by atoms with Crippen molar-refractivity contribution in [2.45, 2.75) is 59.0 Å². The number of nitrogens with two attached hydrogens (primary N) is 1.